The number of carbonyl (C=O) groups is 4. The van der Waals surface area contributed by atoms with Crippen molar-refractivity contribution < 1.29 is 34.2 Å². The van der Waals surface area contributed by atoms with Crippen LogP contribution < -0.4 is 4.74 Å². The van der Waals surface area contributed by atoms with Crippen molar-refractivity contribution in [1.82, 2.24) is 5.06 Å². The van der Waals surface area contributed by atoms with E-state index in [0.29, 0.717) is 26.7 Å². The minimum Gasteiger partial charge on any atom is -0.503 e. The molecule has 44 heavy (non-hydrogen) atoms. The summed E-state index contributed by atoms with van der Waals surface area (Å²) in [4.78, 5) is 56.0. The van der Waals surface area contributed by atoms with Crippen LogP contribution in [0.25, 0.3) is 5.57 Å². The summed E-state index contributed by atoms with van der Waals surface area (Å²) in [5.41, 5.74) is 1.52. The highest BCUT2D eigenvalue weighted by molar-refractivity contribution is 9.10. The average molecular weight is 655 g/mol. The number of imide groups is 1. The van der Waals surface area contributed by atoms with Crippen LogP contribution in [-0.2, 0) is 24.6 Å². The summed E-state index contributed by atoms with van der Waals surface area (Å²) >= 11 is 3.44. The lowest BCUT2D eigenvalue weighted by molar-refractivity contribution is -0.173. The van der Waals surface area contributed by atoms with Crippen LogP contribution >= 0.6 is 15.9 Å². The van der Waals surface area contributed by atoms with Crippen molar-refractivity contribution in [3.8, 4) is 11.5 Å². The van der Waals surface area contributed by atoms with Gasteiger partial charge in [-0.25, -0.2) is 0 Å². The zero-order valence-electron chi connectivity index (χ0n) is 23.6. The number of halogens is 1. The Balaban J connectivity index is 1.55. The summed E-state index contributed by atoms with van der Waals surface area (Å²) in [6.45, 7) is 0. The van der Waals surface area contributed by atoms with Crippen LogP contribution in [0.5, 0.6) is 11.5 Å². The van der Waals surface area contributed by atoms with Gasteiger partial charge in [0.25, 0.3) is 11.8 Å². The van der Waals surface area contributed by atoms with E-state index in [-0.39, 0.29) is 41.0 Å². The van der Waals surface area contributed by atoms with Crippen molar-refractivity contribution in [3.63, 3.8) is 0 Å². The minimum atomic E-state index is -1.40. The highest BCUT2D eigenvalue weighted by Crippen LogP contribution is 2.64. The number of carbonyl (C=O) groups excluding carboxylic acids is 4. The van der Waals surface area contributed by atoms with E-state index in [0.717, 1.165) is 5.57 Å². The SMILES string of the molecule is COc1cc([C@H]2C3=CC[C@@H]4C(=O)N(O)C(=O)[C@@H]4[C@@H]3C[C@H]3C(=O)C(c4ccccc4)=CC(=O)[C@@]23c2ccccc2)cc(Br)c1O. The number of rotatable bonds is 4. The summed E-state index contributed by atoms with van der Waals surface area (Å²) in [7, 11) is 1.43. The van der Waals surface area contributed by atoms with E-state index in [1.54, 1.807) is 24.3 Å². The number of Topliss-reactive ketones (excluding diaryl/α,β-unsaturated/α-hetero) is 1. The van der Waals surface area contributed by atoms with Crippen molar-refractivity contribution in [2.45, 2.75) is 24.2 Å². The van der Waals surface area contributed by atoms with Gasteiger partial charge in [-0.15, -0.1) is 0 Å². The molecule has 4 aliphatic rings. The predicted octanol–water partition coefficient (Wildman–Crippen LogP) is 5.38. The van der Waals surface area contributed by atoms with Gasteiger partial charge in [-0.1, -0.05) is 72.3 Å². The fourth-order valence-electron chi connectivity index (χ4n) is 8.15. The smallest absolute Gasteiger partial charge is 0.257 e. The summed E-state index contributed by atoms with van der Waals surface area (Å²) in [5, 5.41) is 21.3. The number of ether oxygens (including phenoxy) is 1. The van der Waals surface area contributed by atoms with Crippen LogP contribution in [0.3, 0.4) is 0 Å². The van der Waals surface area contributed by atoms with Crippen molar-refractivity contribution in [3.05, 3.63) is 112 Å². The fraction of sp³-hybridized carbons (Fsp3) is 0.257. The largest absolute Gasteiger partial charge is 0.503 e. The topological polar surface area (TPSA) is 121 Å². The maximum absolute atomic E-state index is 14.9. The Morgan fingerprint density at radius 1 is 0.932 bits per heavy atom. The number of phenols is 1. The number of benzene rings is 3. The van der Waals surface area contributed by atoms with E-state index in [2.05, 4.69) is 15.9 Å². The van der Waals surface area contributed by atoms with Gasteiger partial charge in [0, 0.05) is 17.4 Å². The molecule has 3 aliphatic carbocycles. The number of phenolic OH excluding ortho intramolecular Hbond substituents is 1. The first-order valence-electron chi connectivity index (χ1n) is 14.4. The maximum Gasteiger partial charge on any atom is 0.257 e. The molecule has 7 rings (SSSR count). The number of hydrogen-bond donors (Lipinski definition) is 2. The number of ketones is 2. The molecule has 6 atom stereocenters. The molecule has 0 bridgehead atoms. The van der Waals surface area contributed by atoms with Gasteiger partial charge < -0.3 is 9.84 Å². The van der Waals surface area contributed by atoms with Gasteiger partial charge in [0.15, 0.2) is 23.1 Å². The van der Waals surface area contributed by atoms with Crippen LogP contribution in [0.1, 0.15) is 35.4 Å². The van der Waals surface area contributed by atoms with Crippen molar-refractivity contribution in [1.29, 1.82) is 0 Å². The Morgan fingerprint density at radius 3 is 2.30 bits per heavy atom. The van der Waals surface area contributed by atoms with Crippen molar-refractivity contribution in [2.75, 3.05) is 7.11 Å². The first-order valence-corrected chi connectivity index (χ1v) is 15.2. The van der Waals surface area contributed by atoms with E-state index in [4.69, 9.17) is 4.74 Å². The third-order valence-corrected chi connectivity index (χ3v) is 10.6. The first kappa shape index (κ1) is 28.4. The number of fused-ring (bicyclic) bond motifs is 4. The van der Waals surface area contributed by atoms with Gasteiger partial charge in [0.2, 0.25) is 0 Å². The van der Waals surface area contributed by atoms with Crippen LogP contribution in [0, 0.1) is 23.7 Å². The van der Waals surface area contributed by atoms with E-state index in [1.165, 1.54) is 13.2 Å². The zero-order chi connectivity index (χ0) is 30.9. The second-order valence-corrected chi connectivity index (χ2v) is 12.7. The van der Waals surface area contributed by atoms with Crippen LogP contribution in [-0.4, -0.2) is 45.9 Å². The lowest BCUT2D eigenvalue weighted by atomic mass is 9.44. The second kappa shape index (κ2) is 10.4. The maximum atomic E-state index is 14.9. The predicted molar refractivity (Wildman–Crippen MR) is 163 cm³/mol. The number of amides is 2. The molecule has 1 saturated carbocycles. The summed E-state index contributed by atoms with van der Waals surface area (Å²) in [6, 6.07) is 21.6. The highest BCUT2D eigenvalue weighted by Gasteiger charge is 2.66. The molecule has 2 amide bonds. The molecule has 3 aromatic carbocycles. The molecule has 0 radical (unpaired) electrons. The second-order valence-electron chi connectivity index (χ2n) is 11.8. The summed E-state index contributed by atoms with van der Waals surface area (Å²) in [5.74, 6) is -5.67. The molecule has 1 aliphatic heterocycles. The molecule has 8 nitrogen and oxygen atoms in total. The summed E-state index contributed by atoms with van der Waals surface area (Å²) in [6.07, 6.45) is 3.69. The Hall–Kier alpha value is -4.34. The number of aromatic hydroxyl groups is 1. The Labute approximate surface area is 261 Å². The molecule has 0 unspecified atom stereocenters. The van der Waals surface area contributed by atoms with Gasteiger partial charge in [-0.2, -0.15) is 5.06 Å². The van der Waals surface area contributed by atoms with Gasteiger partial charge in [0.05, 0.1) is 28.8 Å². The van der Waals surface area contributed by atoms with Gasteiger partial charge >= 0.3 is 0 Å². The Kier molecular flexibility index (Phi) is 6.71. The number of allylic oxidation sites excluding steroid dienone is 4. The monoisotopic (exact) mass is 653 g/mol. The normalized spacial score (nSPS) is 29.4. The zero-order valence-corrected chi connectivity index (χ0v) is 25.2. The molecular formula is C35H28BrNO7. The number of methoxy groups -OCH3 is 1. The lowest BCUT2D eigenvalue weighted by Crippen LogP contribution is -2.58. The molecule has 2 fully saturated rings. The van der Waals surface area contributed by atoms with Crippen molar-refractivity contribution in [2.24, 2.45) is 23.7 Å². The lowest BCUT2D eigenvalue weighted by Gasteiger charge is -2.55. The molecule has 3 aromatic rings. The van der Waals surface area contributed by atoms with Crippen LogP contribution in [0.15, 0.2) is 95.0 Å². The summed E-state index contributed by atoms with van der Waals surface area (Å²) < 4.78 is 5.84. The Bertz CT molecular complexity index is 1800. The molecular weight excluding hydrogens is 626 g/mol. The molecule has 0 spiro atoms. The first-order chi connectivity index (χ1) is 21.2. The standard InChI is InChI=1S/C35H28BrNO7/c1-44-27-15-19(14-26(36)32(27)40)30-21-12-13-22-29(34(42)37(43)33(22)41)24(21)16-25-31(39)23(18-8-4-2-5-9-18)17-28(38)35(25,30)20-10-6-3-7-11-20/h2-12,14-15,17,22,24-25,29-30,40,43H,13,16H2,1H3/t22-,24+,25-,29-,30-,35-/m0/s1. The van der Waals surface area contributed by atoms with E-state index in [9.17, 15) is 29.5 Å². The molecule has 2 N–H and O–H groups in total. The highest BCUT2D eigenvalue weighted by atomic mass is 79.9. The molecule has 0 aromatic heterocycles. The number of nitrogens with zero attached hydrogens (tertiary/aromatic N) is 1. The van der Waals surface area contributed by atoms with Gasteiger partial charge in [-0.05, 0) is 69.6 Å². The number of hydroxylamine groups is 2. The van der Waals surface area contributed by atoms with E-state index >= 15 is 0 Å². The van der Waals surface area contributed by atoms with Gasteiger partial charge in [0.1, 0.15) is 0 Å². The van der Waals surface area contributed by atoms with E-state index in [1.807, 2.05) is 54.6 Å². The quantitative estimate of drug-likeness (QED) is 0.220. The molecule has 9 heteroatoms. The van der Waals surface area contributed by atoms with Crippen LogP contribution in [0.2, 0.25) is 0 Å². The Morgan fingerprint density at radius 2 is 1.61 bits per heavy atom. The fourth-order valence-corrected chi connectivity index (χ4v) is 8.61. The number of hydrogen-bond acceptors (Lipinski definition) is 7. The molecule has 1 saturated heterocycles. The average Bonchev–Trinajstić information content (AvgIpc) is 3.27. The van der Waals surface area contributed by atoms with Crippen molar-refractivity contribution >= 4 is 44.9 Å². The van der Waals surface area contributed by atoms with E-state index < -0.39 is 46.8 Å². The van der Waals surface area contributed by atoms with Crippen LogP contribution in [0.4, 0.5) is 0 Å². The molecule has 1 heterocycles. The minimum absolute atomic E-state index is 0.114. The third-order valence-electron chi connectivity index (χ3n) is 9.96. The third kappa shape index (κ3) is 3.85. The molecule has 222 valence electrons. The van der Waals surface area contributed by atoms with Gasteiger partial charge in [-0.3, -0.25) is 24.4 Å².